The molecule has 0 saturated carbocycles. The molecule has 0 N–H and O–H groups in total. The van der Waals surface area contributed by atoms with E-state index in [0.29, 0.717) is 52.1 Å². The number of halogens is 2. The molecule has 0 amide bonds. The van der Waals surface area contributed by atoms with E-state index in [1.54, 1.807) is 12.2 Å². The maximum Gasteiger partial charge on any atom is 0.126 e. The van der Waals surface area contributed by atoms with Gasteiger partial charge in [-0.3, -0.25) is 0 Å². The number of fused-ring (bicyclic) bond motifs is 8. The first-order valence-electron chi connectivity index (χ1n) is 18.1. The van der Waals surface area contributed by atoms with Crippen LogP contribution in [-0.4, -0.2) is 13.2 Å². The molecule has 0 heterocycles. The molecule has 0 aliphatic heterocycles. The number of rotatable bonds is 12. The molecular formula is C48H42Br2O4. The highest BCUT2D eigenvalue weighted by Crippen LogP contribution is 2.41. The lowest BCUT2D eigenvalue weighted by molar-refractivity contribution is 0.296. The van der Waals surface area contributed by atoms with Gasteiger partial charge in [0.15, 0.2) is 0 Å². The number of ether oxygens (including phenoxy) is 4. The van der Waals surface area contributed by atoms with Gasteiger partial charge < -0.3 is 18.9 Å². The van der Waals surface area contributed by atoms with E-state index < -0.39 is 0 Å². The van der Waals surface area contributed by atoms with Crippen molar-refractivity contribution < 1.29 is 18.9 Å². The first-order valence-corrected chi connectivity index (χ1v) is 19.7. The number of hydrogen-bond acceptors (Lipinski definition) is 4. The second kappa shape index (κ2) is 17.9. The molecule has 1 aliphatic carbocycles. The highest BCUT2D eigenvalue weighted by atomic mass is 79.9. The summed E-state index contributed by atoms with van der Waals surface area (Å²) in [7, 11) is 0. The van der Waals surface area contributed by atoms with Crippen molar-refractivity contribution in [3.05, 3.63) is 211 Å². The van der Waals surface area contributed by atoms with Gasteiger partial charge >= 0.3 is 0 Å². The smallest absolute Gasteiger partial charge is 0.126 e. The molecule has 0 spiro atoms. The van der Waals surface area contributed by atoms with Gasteiger partial charge in [0.05, 0.1) is 0 Å². The zero-order valence-electron chi connectivity index (χ0n) is 30.2. The van der Waals surface area contributed by atoms with Crippen molar-refractivity contribution in [1.82, 2.24) is 0 Å². The van der Waals surface area contributed by atoms with Crippen molar-refractivity contribution in [2.45, 2.75) is 38.9 Å². The Morgan fingerprint density at radius 1 is 0.407 bits per heavy atom. The van der Waals surface area contributed by atoms with Gasteiger partial charge in [0, 0.05) is 56.9 Å². The summed E-state index contributed by atoms with van der Waals surface area (Å²) in [5.41, 5.74) is 10.7. The average Bonchev–Trinajstić information content (AvgIpc) is 3.17. The summed E-state index contributed by atoms with van der Waals surface area (Å²) in [5, 5.41) is 0. The summed E-state index contributed by atoms with van der Waals surface area (Å²) < 4.78 is 28.7. The topological polar surface area (TPSA) is 36.9 Å². The maximum absolute atomic E-state index is 6.83. The summed E-state index contributed by atoms with van der Waals surface area (Å²) in [6, 6.07) is 42.2. The second-order valence-corrected chi connectivity index (χ2v) is 15.2. The van der Waals surface area contributed by atoms with E-state index in [0.717, 1.165) is 87.6 Å². The molecule has 6 aromatic rings. The normalized spacial score (nSPS) is 12.0. The highest BCUT2D eigenvalue weighted by molar-refractivity contribution is 9.10. The molecule has 0 atom stereocenters. The van der Waals surface area contributed by atoms with Gasteiger partial charge in [-0.05, 0) is 57.6 Å². The highest BCUT2D eigenvalue weighted by Gasteiger charge is 2.23. The molecule has 6 aromatic carbocycles. The number of benzene rings is 6. The minimum Gasteiger partial charge on any atom is -0.489 e. The van der Waals surface area contributed by atoms with E-state index in [2.05, 4.69) is 130 Å². The Morgan fingerprint density at radius 2 is 0.722 bits per heavy atom. The van der Waals surface area contributed by atoms with Crippen LogP contribution in [0, 0.1) is 0 Å². The fourth-order valence-electron chi connectivity index (χ4n) is 7.09. The third-order valence-corrected chi connectivity index (χ3v) is 10.4. The van der Waals surface area contributed by atoms with Gasteiger partial charge in [-0.15, -0.1) is 0 Å². The lowest BCUT2D eigenvalue weighted by Gasteiger charge is -2.23. The van der Waals surface area contributed by atoms with Crippen molar-refractivity contribution in [1.29, 1.82) is 0 Å². The molecule has 7 rings (SSSR count). The summed E-state index contributed by atoms with van der Waals surface area (Å²) in [5.74, 6) is 3.42. The molecule has 272 valence electrons. The summed E-state index contributed by atoms with van der Waals surface area (Å²) in [6.45, 7) is 9.57. The van der Waals surface area contributed by atoms with Crippen LogP contribution in [0.4, 0.5) is 0 Å². The van der Waals surface area contributed by atoms with Crippen LogP contribution in [0.1, 0.15) is 55.6 Å². The van der Waals surface area contributed by atoms with Crippen LogP contribution in [0.2, 0.25) is 0 Å². The van der Waals surface area contributed by atoms with E-state index in [4.69, 9.17) is 18.9 Å². The van der Waals surface area contributed by atoms with Gasteiger partial charge in [0.1, 0.15) is 49.4 Å². The Bertz CT molecular complexity index is 2090. The molecule has 0 aromatic heterocycles. The van der Waals surface area contributed by atoms with E-state index >= 15 is 0 Å². The predicted molar refractivity (Wildman–Crippen MR) is 225 cm³/mol. The molecular weight excluding hydrogens is 800 g/mol. The van der Waals surface area contributed by atoms with Crippen LogP contribution in [0.3, 0.4) is 0 Å². The fourth-order valence-corrected chi connectivity index (χ4v) is 8.19. The monoisotopic (exact) mass is 840 g/mol. The van der Waals surface area contributed by atoms with Crippen molar-refractivity contribution in [2.24, 2.45) is 0 Å². The Labute approximate surface area is 335 Å². The Balaban J connectivity index is 1.44. The van der Waals surface area contributed by atoms with Crippen LogP contribution in [0.5, 0.6) is 23.0 Å². The van der Waals surface area contributed by atoms with Gasteiger partial charge in [-0.2, -0.15) is 0 Å². The first-order chi connectivity index (χ1) is 26.5. The van der Waals surface area contributed by atoms with Gasteiger partial charge in [-0.1, -0.05) is 154 Å². The zero-order chi connectivity index (χ0) is 37.3. The molecule has 0 unspecified atom stereocenters. The minimum atomic E-state index is 0.378. The van der Waals surface area contributed by atoms with E-state index in [1.807, 2.05) is 36.4 Å². The van der Waals surface area contributed by atoms with E-state index in [9.17, 15) is 0 Å². The predicted octanol–water partition coefficient (Wildman–Crippen LogP) is 12.2. The summed E-state index contributed by atoms with van der Waals surface area (Å²) in [4.78, 5) is 0. The summed E-state index contributed by atoms with van der Waals surface area (Å²) >= 11 is 7.70. The van der Waals surface area contributed by atoms with Crippen molar-refractivity contribution in [2.75, 3.05) is 13.2 Å². The van der Waals surface area contributed by atoms with Crippen molar-refractivity contribution in [3.8, 4) is 23.0 Å². The van der Waals surface area contributed by atoms with Gasteiger partial charge in [-0.25, -0.2) is 0 Å². The van der Waals surface area contributed by atoms with Gasteiger partial charge in [0.25, 0.3) is 0 Å². The van der Waals surface area contributed by atoms with Crippen molar-refractivity contribution >= 4 is 31.9 Å². The SMILES string of the molecule is C=CCOc1c2cc(Br)cc1Cc1cccc(c1OCc1ccccc1)Cc1cccc(c1OCc1ccccc1)Cc1cc(Br)cc(c1OCC=C)C2. The van der Waals surface area contributed by atoms with Gasteiger partial charge in [0.2, 0.25) is 0 Å². The Hall–Kier alpha value is -5.04. The number of para-hydroxylation sites is 2. The lowest BCUT2D eigenvalue weighted by Crippen LogP contribution is -2.09. The lowest BCUT2D eigenvalue weighted by atomic mass is 9.91. The maximum atomic E-state index is 6.83. The molecule has 0 fully saturated rings. The van der Waals surface area contributed by atoms with E-state index in [-0.39, 0.29) is 0 Å². The molecule has 0 radical (unpaired) electrons. The molecule has 0 saturated heterocycles. The van der Waals surface area contributed by atoms with Crippen LogP contribution in [0.25, 0.3) is 0 Å². The van der Waals surface area contributed by atoms with Crippen LogP contribution >= 0.6 is 31.9 Å². The quantitative estimate of drug-likeness (QED) is 0.115. The first kappa shape index (κ1) is 37.3. The largest absolute Gasteiger partial charge is 0.489 e. The molecule has 1 aliphatic rings. The number of hydrogen-bond donors (Lipinski definition) is 0. The molecule has 54 heavy (non-hydrogen) atoms. The minimum absolute atomic E-state index is 0.378. The van der Waals surface area contributed by atoms with Crippen LogP contribution in [-0.2, 0) is 38.9 Å². The summed E-state index contributed by atoms with van der Waals surface area (Å²) in [6.07, 6.45) is 5.96. The molecule has 6 heteroatoms. The Morgan fingerprint density at radius 3 is 1.07 bits per heavy atom. The second-order valence-electron chi connectivity index (χ2n) is 13.4. The van der Waals surface area contributed by atoms with Crippen LogP contribution < -0.4 is 18.9 Å². The van der Waals surface area contributed by atoms with Crippen molar-refractivity contribution in [3.63, 3.8) is 0 Å². The molecule has 4 nitrogen and oxygen atoms in total. The third kappa shape index (κ3) is 9.00. The average molecular weight is 843 g/mol. The van der Waals surface area contributed by atoms with E-state index in [1.165, 1.54) is 0 Å². The van der Waals surface area contributed by atoms with Crippen LogP contribution in [0.15, 0.2) is 156 Å². The molecule has 8 bridgehead atoms. The fraction of sp³-hybridized carbons (Fsp3) is 0.167. The zero-order valence-corrected chi connectivity index (χ0v) is 33.3. The Kier molecular flexibility index (Phi) is 12.3. The standard InChI is InChI=1S/C48H42Br2O4/c1-3-21-51-47-39-24-37-19-11-17-35(45(37)53-31-33-13-7-5-8-14-33)23-36-18-12-20-38(46(36)54-32-34-15-9-6-10-16-34)25-40-28-44(50)30-42(48(40)52-22-4-2)26-41(47)29-43(49)27-39/h3-20,27-30H,1-2,21-26,31-32H2. The third-order valence-electron chi connectivity index (χ3n) is 9.44.